The Kier molecular flexibility index (Phi) is 3.67. The molecule has 0 aliphatic rings. The number of aryl methyl sites for hydroxylation is 1. The van der Waals surface area contributed by atoms with E-state index in [4.69, 9.17) is 0 Å². The van der Waals surface area contributed by atoms with Crippen LogP contribution in [0.4, 0.5) is 4.39 Å². The standard InChI is InChI=1S/C14H13FN2O/c1-10-2-3-11(8-16-10)9-17-14(18)12-4-6-13(15)7-5-12/h2-8H,9H2,1H3,(H,17,18). The average Bonchev–Trinajstić information content (AvgIpc) is 2.38. The first-order valence-corrected chi connectivity index (χ1v) is 5.60. The lowest BCUT2D eigenvalue weighted by Gasteiger charge is -2.05. The van der Waals surface area contributed by atoms with Crippen molar-refractivity contribution in [2.24, 2.45) is 0 Å². The molecular weight excluding hydrogens is 231 g/mol. The molecule has 1 heterocycles. The van der Waals surface area contributed by atoms with Crippen molar-refractivity contribution >= 4 is 5.91 Å². The number of pyridine rings is 1. The number of rotatable bonds is 3. The maximum Gasteiger partial charge on any atom is 0.251 e. The van der Waals surface area contributed by atoms with E-state index in [1.165, 1.54) is 24.3 Å². The lowest BCUT2D eigenvalue weighted by Crippen LogP contribution is -2.22. The highest BCUT2D eigenvalue weighted by Crippen LogP contribution is 2.04. The molecule has 0 radical (unpaired) electrons. The number of halogens is 1. The zero-order chi connectivity index (χ0) is 13.0. The molecule has 0 aliphatic heterocycles. The first kappa shape index (κ1) is 12.2. The van der Waals surface area contributed by atoms with E-state index >= 15 is 0 Å². The van der Waals surface area contributed by atoms with Gasteiger partial charge in [-0.15, -0.1) is 0 Å². The Bertz CT molecular complexity index is 535. The Morgan fingerprint density at radius 1 is 1.22 bits per heavy atom. The fraction of sp³-hybridized carbons (Fsp3) is 0.143. The first-order chi connectivity index (χ1) is 8.65. The number of hydrogen-bond acceptors (Lipinski definition) is 2. The molecule has 1 aromatic carbocycles. The third-order valence-corrected chi connectivity index (χ3v) is 2.53. The van der Waals surface area contributed by atoms with Gasteiger partial charge in [-0.05, 0) is 42.8 Å². The van der Waals surface area contributed by atoms with Gasteiger partial charge >= 0.3 is 0 Å². The molecule has 1 aromatic heterocycles. The Labute approximate surface area is 105 Å². The van der Waals surface area contributed by atoms with E-state index in [1.807, 2.05) is 19.1 Å². The fourth-order valence-electron chi connectivity index (χ4n) is 1.49. The molecule has 3 nitrogen and oxygen atoms in total. The zero-order valence-electron chi connectivity index (χ0n) is 9.98. The number of nitrogens with one attached hydrogen (secondary N) is 1. The van der Waals surface area contributed by atoms with Crippen LogP contribution in [0.1, 0.15) is 21.6 Å². The van der Waals surface area contributed by atoms with Crippen LogP contribution in [-0.4, -0.2) is 10.9 Å². The maximum absolute atomic E-state index is 12.7. The predicted molar refractivity (Wildman–Crippen MR) is 66.5 cm³/mol. The molecule has 4 heteroatoms. The van der Waals surface area contributed by atoms with Gasteiger partial charge in [0.15, 0.2) is 0 Å². The molecule has 0 unspecified atom stereocenters. The van der Waals surface area contributed by atoms with Crippen LogP contribution in [0.5, 0.6) is 0 Å². The second kappa shape index (κ2) is 5.40. The van der Waals surface area contributed by atoms with Crippen LogP contribution in [0.25, 0.3) is 0 Å². The van der Waals surface area contributed by atoms with Crippen molar-refractivity contribution in [1.29, 1.82) is 0 Å². The van der Waals surface area contributed by atoms with Crippen LogP contribution in [0, 0.1) is 12.7 Å². The molecule has 0 spiro atoms. The van der Waals surface area contributed by atoms with Gasteiger partial charge in [-0.3, -0.25) is 9.78 Å². The van der Waals surface area contributed by atoms with Gasteiger partial charge in [-0.2, -0.15) is 0 Å². The van der Waals surface area contributed by atoms with Crippen LogP contribution in [0.15, 0.2) is 42.6 Å². The molecule has 2 aromatic rings. The minimum atomic E-state index is -0.353. The Morgan fingerprint density at radius 3 is 2.56 bits per heavy atom. The first-order valence-electron chi connectivity index (χ1n) is 5.60. The highest BCUT2D eigenvalue weighted by atomic mass is 19.1. The van der Waals surface area contributed by atoms with E-state index in [2.05, 4.69) is 10.3 Å². The maximum atomic E-state index is 12.7. The van der Waals surface area contributed by atoms with Crippen molar-refractivity contribution in [3.63, 3.8) is 0 Å². The summed E-state index contributed by atoms with van der Waals surface area (Å²) in [4.78, 5) is 15.9. The van der Waals surface area contributed by atoms with Gasteiger partial charge in [0, 0.05) is 24.0 Å². The molecule has 1 N–H and O–H groups in total. The van der Waals surface area contributed by atoms with Crippen molar-refractivity contribution in [1.82, 2.24) is 10.3 Å². The number of amides is 1. The van der Waals surface area contributed by atoms with Gasteiger partial charge in [-0.25, -0.2) is 4.39 Å². The van der Waals surface area contributed by atoms with E-state index in [1.54, 1.807) is 6.20 Å². The van der Waals surface area contributed by atoms with Crippen molar-refractivity contribution in [3.8, 4) is 0 Å². The highest BCUT2D eigenvalue weighted by Gasteiger charge is 2.05. The SMILES string of the molecule is Cc1ccc(CNC(=O)c2ccc(F)cc2)cn1. The third-order valence-electron chi connectivity index (χ3n) is 2.53. The lowest BCUT2D eigenvalue weighted by molar-refractivity contribution is 0.0951. The fourth-order valence-corrected chi connectivity index (χ4v) is 1.49. The van der Waals surface area contributed by atoms with Gasteiger partial charge in [-0.1, -0.05) is 6.07 Å². The van der Waals surface area contributed by atoms with Crippen LogP contribution in [0.2, 0.25) is 0 Å². The smallest absolute Gasteiger partial charge is 0.251 e. The molecule has 1 amide bonds. The molecule has 0 saturated carbocycles. The molecule has 2 rings (SSSR count). The van der Waals surface area contributed by atoms with E-state index < -0.39 is 0 Å². The highest BCUT2D eigenvalue weighted by molar-refractivity contribution is 5.94. The number of aromatic nitrogens is 1. The number of benzene rings is 1. The van der Waals surface area contributed by atoms with E-state index in [0.717, 1.165) is 11.3 Å². The van der Waals surface area contributed by atoms with Gasteiger partial charge in [0.25, 0.3) is 5.91 Å². The summed E-state index contributed by atoms with van der Waals surface area (Å²) in [5.74, 6) is -0.579. The molecular formula is C14H13FN2O. The Morgan fingerprint density at radius 2 is 1.94 bits per heavy atom. The van der Waals surface area contributed by atoms with Crippen molar-refractivity contribution in [2.75, 3.05) is 0 Å². The van der Waals surface area contributed by atoms with Crippen LogP contribution >= 0.6 is 0 Å². The predicted octanol–water partition coefficient (Wildman–Crippen LogP) is 2.46. The number of hydrogen-bond donors (Lipinski definition) is 1. The summed E-state index contributed by atoms with van der Waals surface area (Å²) < 4.78 is 12.7. The summed E-state index contributed by atoms with van der Waals surface area (Å²) in [7, 11) is 0. The zero-order valence-corrected chi connectivity index (χ0v) is 9.98. The molecule has 0 bridgehead atoms. The summed E-state index contributed by atoms with van der Waals surface area (Å²) in [6, 6.07) is 9.24. The van der Waals surface area contributed by atoms with Crippen molar-refractivity contribution in [3.05, 3.63) is 65.2 Å². The third kappa shape index (κ3) is 3.13. The van der Waals surface area contributed by atoms with Crippen LogP contribution < -0.4 is 5.32 Å². The minimum absolute atomic E-state index is 0.226. The number of carbonyl (C=O) groups excluding carboxylic acids is 1. The van der Waals surface area contributed by atoms with E-state index in [9.17, 15) is 9.18 Å². The second-order valence-corrected chi connectivity index (χ2v) is 4.00. The lowest BCUT2D eigenvalue weighted by atomic mass is 10.2. The van der Waals surface area contributed by atoms with Gasteiger partial charge in [0.05, 0.1) is 0 Å². The molecule has 0 atom stereocenters. The quantitative estimate of drug-likeness (QED) is 0.901. The molecule has 0 saturated heterocycles. The largest absolute Gasteiger partial charge is 0.348 e. The molecule has 18 heavy (non-hydrogen) atoms. The normalized spacial score (nSPS) is 10.1. The van der Waals surface area contributed by atoms with Gasteiger partial charge in [0.1, 0.15) is 5.82 Å². The van der Waals surface area contributed by atoms with E-state index in [-0.39, 0.29) is 11.7 Å². The number of carbonyl (C=O) groups is 1. The van der Waals surface area contributed by atoms with Gasteiger partial charge < -0.3 is 5.32 Å². The summed E-state index contributed by atoms with van der Waals surface area (Å²) in [5, 5.41) is 2.75. The Hall–Kier alpha value is -2.23. The molecule has 92 valence electrons. The summed E-state index contributed by atoms with van der Waals surface area (Å²) in [5.41, 5.74) is 2.30. The van der Waals surface area contributed by atoms with Crippen molar-refractivity contribution < 1.29 is 9.18 Å². The molecule has 0 aliphatic carbocycles. The van der Waals surface area contributed by atoms with Gasteiger partial charge in [0.2, 0.25) is 0 Å². The number of nitrogens with zero attached hydrogens (tertiary/aromatic N) is 1. The topological polar surface area (TPSA) is 42.0 Å². The average molecular weight is 244 g/mol. The van der Waals surface area contributed by atoms with Crippen LogP contribution in [0.3, 0.4) is 0 Å². The monoisotopic (exact) mass is 244 g/mol. The van der Waals surface area contributed by atoms with E-state index in [0.29, 0.717) is 12.1 Å². The summed E-state index contributed by atoms with van der Waals surface area (Å²) in [6.45, 7) is 2.31. The minimum Gasteiger partial charge on any atom is -0.348 e. The summed E-state index contributed by atoms with van der Waals surface area (Å²) in [6.07, 6.45) is 1.72. The Balaban J connectivity index is 1.96. The second-order valence-electron chi connectivity index (χ2n) is 4.00. The van der Waals surface area contributed by atoms with Crippen molar-refractivity contribution in [2.45, 2.75) is 13.5 Å². The van der Waals surface area contributed by atoms with Crippen LogP contribution in [-0.2, 0) is 6.54 Å². The summed E-state index contributed by atoms with van der Waals surface area (Å²) >= 11 is 0. The molecule has 0 fully saturated rings.